The molecule has 1 unspecified atom stereocenters. The molecule has 1 fully saturated rings. The van der Waals surface area contributed by atoms with Crippen molar-refractivity contribution in [2.45, 2.75) is 50.7 Å². The van der Waals surface area contributed by atoms with Crippen LogP contribution >= 0.6 is 0 Å². The lowest BCUT2D eigenvalue weighted by molar-refractivity contribution is -0.0511. The predicted octanol–water partition coefficient (Wildman–Crippen LogP) is -0.378. The Morgan fingerprint density at radius 1 is 1.28 bits per heavy atom. The first-order valence-electron chi connectivity index (χ1n) is 8.43. The van der Waals surface area contributed by atoms with Crippen molar-refractivity contribution in [1.82, 2.24) is 19.5 Å². The number of fused-ring (bicyclic) bond motifs is 1. The topological polar surface area (TPSA) is 152 Å². The molecule has 0 radical (unpaired) electrons. The van der Waals surface area contributed by atoms with Gasteiger partial charge in [-0.15, -0.1) is 0 Å². The minimum atomic E-state index is -1.22. The summed E-state index contributed by atoms with van der Waals surface area (Å²) in [5.41, 5.74) is 6.73. The van der Waals surface area contributed by atoms with Crippen LogP contribution in [0.25, 0.3) is 11.2 Å². The van der Waals surface area contributed by atoms with Crippen LogP contribution in [0.15, 0.2) is 6.33 Å². The maximum Gasteiger partial charge on any atom is 0.226 e. The fraction of sp³-hybridized carbons (Fsp3) is 0.667. The van der Waals surface area contributed by atoms with Crippen molar-refractivity contribution in [3.8, 4) is 0 Å². The second-order valence-corrected chi connectivity index (χ2v) is 6.12. The summed E-state index contributed by atoms with van der Waals surface area (Å²) in [5, 5.41) is 32.5. The molecular weight excluding hydrogens is 328 g/mol. The van der Waals surface area contributed by atoms with Crippen molar-refractivity contribution in [3.63, 3.8) is 0 Å². The van der Waals surface area contributed by atoms with Gasteiger partial charge in [-0.3, -0.25) is 4.57 Å². The van der Waals surface area contributed by atoms with Gasteiger partial charge in [-0.1, -0.05) is 19.8 Å². The van der Waals surface area contributed by atoms with E-state index in [1.807, 2.05) is 0 Å². The molecule has 25 heavy (non-hydrogen) atoms. The molecule has 2 aromatic rings. The average molecular weight is 352 g/mol. The molecule has 4 atom stereocenters. The molecule has 3 rings (SSSR count). The van der Waals surface area contributed by atoms with E-state index in [1.165, 1.54) is 10.9 Å². The Balaban J connectivity index is 1.88. The molecule has 2 aromatic heterocycles. The predicted molar refractivity (Wildman–Crippen MR) is 90.8 cm³/mol. The molecule has 10 heteroatoms. The van der Waals surface area contributed by atoms with Crippen LogP contribution in [0.1, 0.15) is 32.4 Å². The van der Waals surface area contributed by atoms with Crippen molar-refractivity contribution in [2.75, 3.05) is 24.2 Å². The number of nitrogens with zero attached hydrogens (tertiary/aromatic N) is 4. The standard InChI is InChI=1S/C15H24N6O4/c1-2-3-4-5-17-15-19-12(16)9-13(20-15)21(7-18-9)14-11(24)10(23)8(6-22)25-14/h7-8,10-11,14,22-24H,2-6H2,1H3,(H3,16,17,19,20)/t8-,10-,11-,14?/m1/s1. The number of nitrogens with one attached hydrogen (secondary N) is 1. The zero-order chi connectivity index (χ0) is 18.0. The number of ether oxygens (including phenoxy) is 1. The van der Waals surface area contributed by atoms with Crippen molar-refractivity contribution < 1.29 is 20.1 Å². The first-order valence-corrected chi connectivity index (χ1v) is 8.43. The number of unbranched alkanes of at least 4 members (excludes halogenated alkanes) is 2. The molecule has 1 aliphatic rings. The van der Waals surface area contributed by atoms with E-state index in [2.05, 4.69) is 27.2 Å². The van der Waals surface area contributed by atoms with Crippen molar-refractivity contribution >= 4 is 22.9 Å². The number of aliphatic hydroxyl groups excluding tert-OH is 3. The van der Waals surface area contributed by atoms with Gasteiger partial charge in [0.2, 0.25) is 5.95 Å². The largest absolute Gasteiger partial charge is 0.394 e. The summed E-state index contributed by atoms with van der Waals surface area (Å²) in [5.74, 6) is 0.586. The van der Waals surface area contributed by atoms with E-state index in [1.54, 1.807) is 0 Å². The van der Waals surface area contributed by atoms with Gasteiger partial charge in [0, 0.05) is 6.54 Å². The molecule has 0 amide bonds. The van der Waals surface area contributed by atoms with Crippen molar-refractivity contribution in [3.05, 3.63) is 6.33 Å². The van der Waals surface area contributed by atoms with Gasteiger partial charge in [-0.2, -0.15) is 9.97 Å². The molecule has 6 N–H and O–H groups in total. The minimum Gasteiger partial charge on any atom is -0.394 e. The van der Waals surface area contributed by atoms with Gasteiger partial charge in [0.1, 0.15) is 23.8 Å². The first-order chi connectivity index (χ1) is 12.1. The van der Waals surface area contributed by atoms with Crippen LogP contribution in [0, 0.1) is 0 Å². The minimum absolute atomic E-state index is 0.216. The third kappa shape index (κ3) is 3.38. The van der Waals surface area contributed by atoms with Crippen LogP contribution in [0.2, 0.25) is 0 Å². The van der Waals surface area contributed by atoms with E-state index in [4.69, 9.17) is 10.5 Å². The van der Waals surface area contributed by atoms with Gasteiger partial charge in [0.15, 0.2) is 17.7 Å². The summed E-state index contributed by atoms with van der Waals surface area (Å²) < 4.78 is 7.03. The SMILES string of the molecule is CCCCCNc1nc(N)c2ncn(C3O[C@H](CO)[C@@H](O)[C@H]3O)c2n1. The molecule has 0 aromatic carbocycles. The molecule has 1 aliphatic heterocycles. The zero-order valence-electron chi connectivity index (χ0n) is 14.0. The van der Waals surface area contributed by atoms with Gasteiger partial charge in [0.25, 0.3) is 0 Å². The molecular formula is C15H24N6O4. The Hall–Kier alpha value is -2.01. The quantitative estimate of drug-likeness (QED) is 0.420. The molecule has 0 bridgehead atoms. The fourth-order valence-electron chi connectivity index (χ4n) is 2.89. The number of imidazole rings is 1. The number of aliphatic hydroxyl groups is 3. The summed E-state index contributed by atoms with van der Waals surface area (Å²) in [6.45, 7) is 2.45. The molecule has 3 heterocycles. The number of aromatic nitrogens is 4. The smallest absolute Gasteiger partial charge is 0.226 e. The van der Waals surface area contributed by atoms with Crippen molar-refractivity contribution in [1.29, 1.82) is 0 Å². The number of hydrogen-bond donors (Lipinski definition) is 5. The monoisotopic (exact) mass is 352 g/mol. The van der Waals surface area contributed by atoms with Gasteiger partial charge in [0.05, 0.1) is 12.9 Å². The Bertz CT molecular complexity index is 723. The van der Waals surface area contributed by atoms with Crippen LogP contribution < -0.4 is 11.1 Å². The zero-order valence-corrected chi connectivity index (χ0v) is 14.0. The maximum atomic E-state index is 10.2. The fourth-order valence-corrected chi connectivity index (χ4v) is 2.89. The number of hydrogen-bond acceptors (Lipinski definition) is 9. The van der Waals surface area contributed by atoms with E-state index in [0.717, 1.165) is 25.8 Å². The van der Waals surface area contributed by atoms with E-state index in [-0.39, 0.29) is 5.82 Å². The maximum absolute atomic E-state index is 10.2. The Labute approximate surface area is 144 Å². The lowest BCUT2D eigenvalue weighted by Crippen LogP contribution is -2.33. The van der Waals surface area contributed by atoms with Crippen LogP contribution in [0.3, 0.4) is 0 Å². The second-order valence-electron chi connectivity index (χ2n) is 6.12. The van der Waals surface area contributed by atoms with Gasteiger partial charge in [-0.05, 0) is 6.42 Å². The highest BCUT2D eigenvalue weighted by molar-refractivity contribution is 5.82. The third-order valence-corrected chi connectivity index (χ3v) is 4.30. The van der Waals surface area contributed by atoms with E-state index in [0.29, 0.717) is 17.1 Å². The Morgan fingerprint density at radius 3 is 2.76 bits per heavy atom. The molecule has 0 aliphatic carbocycles. The van der Waals surface area contributed by atoms with E-state index >= 15 is 0 Å². The summed E-state index contributed by atoms with van der Waals surface area (Å²) in [6, 6.07) is 0. The Kier molecular flexibility index (Phi) is 5.33. The van der Waals surface area contributed by atoms with Crippen LogP contribution in [-0.4, -0.2) is 66.3 Å². The van der Waals surface area contributed by atoms with Crippen LogP contribution in [-0.2, 0) is 4.74 Å². The summed E-state index contributed by atoms with van der Waals surface area (Å²) in [6.07, 6.45) is 0.433. The van der Waals surface area contributed by atoms with Crippen LogP contribution in [0.5, 0.6) is 0 Å². The van der Waals surface area contributed by atoms with Crippen LogP contribution in [0.4, 0.5) is 11.8 Å². The molecule has 1 saturated heterocycles. The lowest BCUT2D eigenvalue weighted by Gasteiger charge is -2.16. The van der Waals surface area contributed by atoms with E-state index in [9.17, 15) is 15.3 Å². The highest BCUT2D eigenvalue weighted by atomic mass is 16.6. The summed E-state index contributed by atoms with van der Waals surface area (Å²) in [4.78, 5) is 12.8. The lowest BCUT2D eigenvalue weighted by atomic mass is 10.1. The molecule has 0 saturated carbocycles. The van der Waals surface area contributed by atoms with Gasteiger partial charge in [-0.25, -0.2) is 4.98 Å². The highest BCUT2D eigenvalue weighted by Gasteiger charge is 2.44. The summed E-state index contributed by atoms with van der Waals surface area (Å²) in [7, 11) is 0. The number of nitrogen functional groups attached to an aromatic ring is 1. The average Bonchev–Trinajstić information content (AvgIpc) is 3.14. The summed E-state index contributed by atoms with van der Waals surface area (Å²) >= 11 is 0. The third-order valence-electron chi connectivity index (χ3n) is 4.30. The van der Waals surface area contributed by atoms with Crippen molar-refractivity contribution in [2.24, 2.45) is 0 Å². The number of rotatable bonds is 7. The number of anilines is 2. The number of nitrogens with two attached hydrogens (primary N) is 1. The molecule has 10 nitrogen and oxygen atoms in total. The molecule has 0 spiro atoms. The second kappa shape index (κ2) is 7.48. The Morgan fingerprint density at radius 2 is 2.08 bits per heavy atom. The van der Waals surface area contributed by atoms with Gasteiger partial charge >= 0.3 is 0 Å². The molecule has 138 valence electrons. The van der Waals surface area contributed by atoms with Gasteiger partial charge < -0.3 is 31.1 Å². The van der Waals surface area contributed by atoms with E-state index < -0.39 is 31.1 Å². The first kappa shape index (κ1) is 17.8. The normalized spacial score (nSPS) is 26.4. The highest BCUT2D eigenvalue weighted by Crippen LogP contribution is 2.32.